The number of carbonyl (C=O) groups excluding carboxylic acids is 1. The van der Waals surface area contributed by atoms with Crippen molar-refractivity contribution in [2.24, 2.45) is 0 Å². The monoisotopic (exact) mass is 339 g/mol. The molecule has 0 radical (unpaired) electrons. The van der Waals surface area contributed by atoms with Gasteiger partial charge in [0.05, 0.1) is 18.2 Å². The van der Waals surface area contributed by atoms with E-state index >= 15 is 0 Å². The van der Waals surface area contributed by atoms with Gasteiger partial charge >= 0.3 is 0 Å². The summed E-state index contributed by atoms with van der Waals surface area (Å²) in [6, 6.07) is 15.5. The second-order valence-corrected chi connectivity index (χ2v) is 6.39. The van der Waals surface area contributed by atoms with Gasteiger partial charge in [0.25, 0.3) is 5.91 Å². The molecule has 2 atom stereocenters. The molecular formula is C20H21NO4. The van der Waals surface area contributed by atoms with Crippen molar-refractivity contribution in [3.8, 4) is 11.5 Å². The predicted molar refractivity (Wildman–Crippen MR) is 93.1 cm³/mol. The summed E-state index contributed by atoms with van der Waals surface area (Å²) in [6.45, 7) is 4.05. The standard InChI is InChI=1S/C20H21NO4/c1-14-12-21(13-18(25-14)15-6-3-2-4-7-15)20(22)16-8-5-9-17-19(16)24-11-10-23-17/h2-9,14,18H,10-13H2,1H3/t14-,18+/m0/s1. The minimum absolute atomic E-state index is 0.0281. The van der Waals surface area contributed by atoms with E-state index in [0.29, 0.717) is 43.4 Å². The second-order valence-electron chi connectivity index (χ2n) is 6.39. The fraction of sp³-hybridized carbons (Fsp3) is 0.350. The highest BCUT2D eigenvalue weighted by molar-refractivity contribution is 5.98. The smallest absolute Gasteiger partial charge is 0.257 e. The quantitative estimate of drug-likeness (QED) is 0.844. The van der Waals surface area contributed by atoms with Crippen LogP contribution in [0.2, 0.25) is 0 Å². The van der Waals surface area contributed by atoms with Crippen LogP contribution in [-0.4, -0.2) is 43.2 Å². The van der Waals surface area contributed by atoms with Gasteiger partial charge < -0.3 is 19.1 Å². The first-order valence-corrected chi connectivity index (χ1v) is 8.60. The highest BCUT2D eigenvalue weighted by Crippen LogP contribution is 2.35. The van der Waals surface area contributed by atoms with Crippen molar-refractivity contribution in [1.82, 2.24) is 4.90 Å². The van der Waals surface area contributed by atoms with Crippen molar-refractivity contribution >= 4 is 5.91 Å². The van der Waals surface area contributed by atoms with Crippen molar-refractivity contribution in [2.75, 3.05) is 26.3 Å². The van der Waals surface area contributed by atoms with E-state index in [1.165, 1.54) is 0 Å². The Morgan fingerprint density at radius 1 is 1.00 bits per heavy atom. The van der Waals surface area contributed by atoms with E-state index < -0.39 is 0 Å². The van der Waals surface area contributed by atoms with Gasteiger partial charge in [-0.25, -0.2) is 0 Å². The van der Waals surface area contributed by atoms with Gasteiger partial charge in [-0.2, -0.15) is 0 Å². The maximum atomic E-state index is 13.1. The maximum Gasteiger partial charge on any atom is 0.257 e. The van der Waals surface area contributed by atoms with Crippen LogP contribution in [0.1, 0.15) is 28.9 Å². The van der Waals surface area contributed by atoms with Crippen LogP contribution in [0, 0.1) is 0 Å². The molecule has 25 heavy (non-hydrogen) atoms. The topological polar surface area (TPSA) is 48.0 Å². The molecule has 0 N–H and O–H groups in total. The van der Waals surface area contributed by atoms with Crippen LogP contribution in [0.3, 0.4) is 0 Å². The van der Waals surface area contributed by atoms with Gasteiger partial charge in [0.1, 0.15) is 19.3 Å². The molecular weight excluding hydrogens is 318 g/mol. The minimum Gasteiger partial charge on any atom is -0.486 e. The minimum atomic E-state index is -0.120. The molecule has 2 aromatic carbocycles. The molecule has 2 aliphatic rings. The van der Waals surface area contributed by atoms with E-state index in [0.717, 1.165) is 5.56 Å². The molecule has 0 spiro atoms. The molecule has 0 saturated carbocycles. The molecule has 4 rings (SSSR count). The van der Waals surface area contributed by atoms with Crippen molar-refractivity contribution in [2.45, 2.75) is 19.1 Å². The van der Waals surface area contributed by atoms with Crippen molar-refractivity contribution in [3.63, 3.8) is 0 Å². The zero-order chi connectivity index (χ0) is 17.2. The molecule has 0 unspecified atom stereocenters. The Hall–Kier alpha value is -2.53. The molecule has 5 heteroatoms. The van der Waals surface area contributed by atoms with E-state index in [1.807, 2.05) is 54.3 Å². The van der Waals surface area contributed by atoms with E-state index in [1.54, 1.807) is 6.07 Å². The van der Waals surface area contributed by atoms with Crippen LogP contribution in [-0.2, 0) is 4.74 Å². The Morgan fingerprint density at radius 3 is 2.64 bits per heavy atom. The molecule has 1 amide bonds. The number of morpholine rings is 1. The number of benzene rings is 2. The molecule has 2 aliphatic heterocycles. The number of nitrogens with zero attached hydrogens (tertiary/aromatic N) is 1. The van der Waals surface area contributed by atoms with Crippen LogP contribution in [0.5, 0.6) is 11.5 Å². The first kappa shape index (κ1) is 16.0. The number of hydrogen-bond donors (Lipinski definition) is 0. The Kier molecular flexibility index (Phi) is 4.32. The third-order valence-electron chi connectivity index (χ3n) is 4.52. The number of fused-ring (bicyclic) bond motifs is 1. The highest BCUT2D eigenvalue weighted by Gasteiger charge is 2.32. The third kappa shape index (κ3) is 3.20. The lowest BCUT2D eigenvalue weighted by Crippen LogP contribution is -2.46. The van der Waals surface area contributed by atoms with Crippen molar-refractivity contribution in [1.29, 1.82) is 0 Å². The summed E-state index contributed by atoms with van der Waals surface area (Å²) in [7, 11) is 0. The molecule has 0 aromatic heterocycles. The van der Waals surface area contributed by atoms with Gasteiger partial charge in [-0.1, -0.05) is 36.4 Å². The average molecular weight is 339 g/mol. The number of carbonyl (C=O) groups is 1. The lowest BCUT2D eigenvalue weighted by Gasteiger charge is -2.37. The summed E-state index contributed by atoms with van der Waals surface area (Å²) < 4.78 is 17.3. The maximum absolute atomic E-state index is 13.1. The molecule has 1 fully saturated rings. The number of ether oxygens (including phenoxy) is 3. The summed E-state index contributed by atoms with van der Waals surface area (Å²) in [5, 5.41) is 0. The molecule has 0 bridgehead atoms. The molecule has 5 nitrogen and oxygen atoms in total. The van der Waals surface area contributed by atoms with Gasteiger partial charge in [-0.05, 0) is 24.6 Å². The lowest BCUT2D eigenvalue weighted by molar-refractivity contribution is -0.0692. The van der Waals surface area contributed by atoms with E-state index in [9.17, 15) is 4.79 Å². The Bertz CT molecular complexity index is 762. The molecule has 130 valence electrons. The van der Waals surface area contributed by atoms with Gasteiger partial charge in [-0.15, -0.1) is 0 Å². The van der Waals surface area contributed by atoms with Crippen molar-refractivity contribution in [3.05, 3.63) is 59.7 Å². The van der Waals surface area contributed by atoms with Crippen LogP contribution in [0.25, 0.3) is 0 Å². The second kappa shape index (κ2) is 6.76. The summed E-state index contributed by atoms with van der Waals surface area (Å²) in [5.41, 5.74) is 1.64. The van der Waals surface area contributed by atoms with Gasteiger partial charge in [-0.3, -0.25) is 4.79 Å². The van der Waals surface area contributed by atoms with Crippen LogP contribution >= 0.6 is 0 Å². The zero-order valence-corrected chi connectivity index (χ0v) is 14.2. The van der Waals surface area contributed by atoms with Crippen LogP contribution < -0.4 is 9.47 Å². The normalized spacial score (nSPS) is 22.5. The van der Waals surface area contributed by atoms with E-state index in [2.05, 4.69) is 0 Å². The van der Waals surface area contributed by atoms with Gasteiger partial charge in [0, 0.05) is 6.54 Å². The fourth-order valence-electron chi connectivity index (χ4n) is 3.38. The number of hydrogen-bond acceptors (Lipinski definition) is 4. The van der Waals surface area contributed by atoms with Gasteiger partial charge in [0.15, 0.2) is 11.5 Å². The van der Waals surface area contributed by atoms with Gasteiger partial charge in [0.2, 0.25) is 0 Å². The Morgan fingerprint density at radius 2 is 1.80 bits per heavy atom. The van der Waals surface area contributed by atoms with E-state index in [-0.39, 0.29) is 18.1 Å². The number of amides is 1. The van der Waals surface area contributed by atoms with Crippen LogP contribution in [0.4, 0.5) is 0 Å². The van der Waals surface area contributed by atoms with Crippen molar-refractivity contribution < 1.29 is 19.0 Å². The predicted octanol–water partition coefficient (Wildman–Crippen LogP) is 3.06. The largest absolute Gasteiger partial charge is 0.486 e. The van der Waals surface area contributed by atoms with Crippen LogP contribution in [0.15, 0.2) is 48.5 Å². The molecule has 2 aromatic rings. The number of para-hydroxylation sites is 1. The first-order valence-electron chi connectivity index (χ1n) is 8.60. The summed E-state index contributed by atoms with van der Waals surface area (Å²) in [4.78, 5) is 15.0. The summed E-state index contributed by atoms with van der Waals surface area (Å²) >= 11 is 0. The SMILES string of the molecule is C[C@H]1CN(C(=O)c2cccc3c2OCCO3)C[C@H](c2ccccc2)O1. The highest BCUT2D eigenvalue weighted by atomic mass is 16.6. The summed E-state index contributed by atoms with van der Waals surface area (Å²) in [6.07, 6.45) is -0.148. The summed E-state index contributed by atoms with van der Waals surface area (Å²) in [5.74, 6) is 1.14. The fourth-order valence-corrected chi connectivity index (χ4v) is 3.38. The van der Waals surface area contributed by atoms with E-state index in [4.69, 9.17) is 14.2 Å². The zero-order valence-electron chi connectivity index (χ0n) is 14.2. The molecule has 1 saturated heterocycles. The Balaban J connectivity index is 1.60. The third-order valence-corrected chi connectivity index (χ3v) is 4.52. The average Bonchev–Trinajstić information content (AvgIpc) is 2.67. The molecule has 0 aliphatic carbocycles. The Labute approximate surface area is 147 Å². The number of rotatable bonds is 2. The first-order chi connectivity index (χ1) is 12.2. The lowest BCUT2D eigenvalue weighted by atomic mass is 10.0. The molecule has 2 heterocycles.